The molecule has 1 N–H and O–H groups in total. The molecule has 0 spiro atoms. The topological polar surface area (TPSA) is 21.3 Å². The quantitative estimate of drug-likeness (QED) is 0.796. The van der Waals surface area contributed by atoms with Gasteiger partial charge in [-0.15, -0.1) is 0 Å². The van der Waals surface area contributed by atoms with Gasteiger partial charge in [-0.05, 0) is 43.7 Å². The van der Waals surface area contributed by atoms with E-state index in [1.807, 2.05) is 0 Å². The number of aryl methyl sites for hydroxylation is 1. The van der Waals surface area contributed by atoms with E-state index in [0.717, 1.165) is 31.4 Å². The monoisotopic (exact) mass is 247 g/mol. The smallest absolute Gasteiger partial charge is 0.126 e. The van der Waals surface area contributed by atoms with Crippen LogP contribution in [-0.4, -0.2) is 13.2 Å². The van der Waals surface area contributed by atoms with Crippen LogP contribution in [0.5, 0.6) is 5.75 Å². The van der Waals surface area contributed by atoms with E-state index in [4.69, 9.17) is 4.74 Å². The van der Waals surface area contributed by atoms with Crippen LogP contribution in [0.15, 0.2) is 18.2 Å². The average Bonchev–Trinajstić information content (AvgIpc) is 3.11. The molecule has 0 aliphatic heterocycles. The first kappa shape index (κ1) is 13.4. The molecule has 1 aliphatic rings. The first-order valence-electron chi connectivity index (χ1n) is 7.09. The van der Waals surface area contributed by atoms with Gasteiger partial charge in [0.25, 0.3) is 0 Å². The van der Waals surface area contributed by atoms with Gasteiger partial charge < -0.3 is 10.1 Å². The van der Waals surface area contributed by atoms with E-state index in [-0.39, 0.29) is 0 Å². The number of rotatable bonds is 7. The summed E-state index contributed by atoms with van der Waals surface area (Å²) in [6, 6.07) is 6.42. The molecule has 1 fully saturated rings. The average molecular weight is 247 g/mol. The summed E-state index contributed by atoms with van der Waals surface area (Å²) in [5, 5.41) is 3.49. The molecule has 2 nitrogen and oxygen atoms in total. The van der Waals surface area contributed by atoms with Crippen LogP contribution < -0.4 is 10.1 Å². The zero-order chi connectivity index (χ0) is 13.0. The van der Waals surface area contributed by atoms with Crippen LogP contribution in [0.3, 0.4) is 0 Å². The number of benzene rings is 1. The van der Waals surface area contributed by atoms with Crippen LogP contribution >= 0.6 is 0 Å². The highest BCUT2D eigenvalue weighted by molar-refractivity contribution is 5.40. The molecule has 1 aromatic rings. The summed E-state index contributed by atoms with van der Waals surface area (Å²) < 4.78 is 6.01. The molecule has 0 radical (unpaired) electrons. The van der Waals surface area contributed by atoms with Crippen molar-refractivity contribution in [3.8, 4) is 5.75 Å². The Kier molecular flexibility index (Phi) is 4.65. The summed E-state index contributed by atoms with van der Waals surface area (Å²) in [6.07, 6.45) is 2.68. The van der Waals surface area contributed by atoms with Crippen molar-refractivity contribution in [2.45, 2.75) is 40.2 Å². The maximum atomic E-state index is 6.01. The normalized spacial score (nSPS) is 15.1. The van der Waals surface area contributed by atoms with Crippen molar-refractivity contribution in [1.82, 2.24) is 5.32 Å². The second-order valence-electron chi connectivity index (χ2n) is 5.84. The number of para-hydroxylation sites is 1. The van der Waals surface area contributed by atoms with E-state index in [1.165, 1.54) is 24.0 Å². The molecule has 18 heavy (non-hydrogen) atoms. The van der Waals surface area contributed by atoms with Crippen LogP contribution in [0.25, 0.3) is 0 Å². The lowest BCUT2D eigenvalue weighted by Crippen LogP contribution is -2.19. The molecule has 2 heteroatoms. The van der Waals surface area contributed by atoms with Gasteiger partial charge in [-0.1, -0.05) is 32.0 Å². The minimum atomic E-state index is 0.686. The molecule has 0 heterocycles. The third kappa shape index (κ3) is 4.02. The second kappa shape index (κ2) is 6.24. The van der Waals surface area contributed by atoms with Gasteiger partial charge in [-0.2, -0.15) is 0 Å². The largest absolute Gasteiger partial charge is 0.493 e. The zero-order valence-corrected chi connectivity index (χ0v) is 11.8. The van der Waals surface area contributed by atoms with Crippen LogP contribution in [0.1, 0.15) is 37.8 Å². The molecule has 1 aliphatic carbocycles. The summed E-state index contributed by atoms with van der Waals surface area (Å²) in [5.41, 5.74) is 2.54. The van der Waals surface area contributed by atoms with E-state index < -0.39 is 0 Å². The van der Waals surface area contributed by atoms with Crippen LogP contribution in [-0.2, 0) is 6.54 Å². The van der Waals surface area contributed by atoms with Gasteiger partial charge >= 0.3 is 0 Å². The van der Waals surface area contributed by atoms with Crippen molar-refractivity contribution in [3.05, 3.63) is 29.3 Å². The van der Waals surface area contributed by atoms with E-state index in [9.17, 15) is 0 Å². The Morgan fingerprint density at radius 3 is 2.78 bits per heavy atom. The van der Waals surface area contributed by atoms with Gasteiger partial charge in [0.15, 0.2) is 0 Å². The minimum Gasteiger partial charge on any atom is -0.493 e. The summed E-state index contributed by atoms with van der Waals surface area (Å²) in [6.45, 7) is 9.44. The molecule has 1 aromatic carbocycles. The molecule has 0 bridgehead atoms. The highest BCUT2D eigenvalue weighted by Crippen LogP contribution is 2.31. The summed E-state index contributed by atoms with van der Waals surface area (Å²) in [4.78, 5) is 0. The van der Waals surface area contributed by atoms with Gasteiger partial charge in [0.05, 0.1) is 6.61 Å². The molecule has 0 aromatic heterocycles. The Balaban J connectivity index is 1.95. The fourth-order valence-electron chi connectivity index (χ4n) is 2.04. The maximum Gasteiger partial charge on any atom is 0.126 e. The van der Waals surface area contributed by atoms with Crippen molar-refractivity contribution in [2.24, 2.45) is 11.8 Å². The predicted molar refractivity (Wildman–Crippen MR) is 75.9 cm³/mol. The van der Waals surface area contributed by atoms with Crippen LogP contribution in [0.2, 0.25) is 0 Å². The van der Waals surface area contributed by atoms with Crippen molar-refractivity contribution < 1.29 is 4.74 Å². The standard InChI is InChI=1S/C16H25NO/c1-12(2)9-17-10-15-6-4-5-13(3)16(15)18-11-14-7-8-14/h4-6,12,14,17H,7-11H2,1-3H3. The number of hydrogen-bond acceptors (Lipinski definition) is 2. The first-order valence-corrected chi connectivity index (χ1v) is 7.09. The fraction of sp³-hybridized carbons (Fsp3) is 0.625. The van der Waals surface area contributed by atoms with Crippen molar-refractivity contribution in [2.75, 3.05) is 13.2 Å². The van der Waals surface area contributed by atoms with E-state index in [0.29, 0.717) is 5.92 Å². The molecule has 0 atom stereocenters. The number of nitrogens with one attached hydrogen (secondary N) is 1. The molecule has 0 saturated heterocycles. The minimum absolute atomic E-state index is 0.686. The summed E-state index contributed by atoms with van der Waals surface area (Å²) in [7, 11) is 0. The van der Waals surface area contributed by atoms with Gasteiger partial charge in [0, 0.05) is 12.1 Å². The fourth-order valence-corrected chi connectivity index (χ4v) is 2.04. The van der Waals surface area contributed by atoms with E-state index in [2.05, 4.69) is 44.3 Å². The van der Waals surface area contributed by atoms with Gasteiger partial charge in [0.1, 0.15) is 5.75 Å². The number of ether oxygens (including phenoxy) is 1. The third-order valence-electron chi connectivity index (χ3n) is 3.32. The highest BCUT2D eigenvalue weighted by atomic mass is 16.5. The Bertz CT molecular complexity index is 383. The summed E-state index contributed by atoms with van der Waals surface area (Å²) in [5.74, 6) is 2.59. The lowest BCUT2D eigenvalue weighted by Gasteiger charge is -2.15. The van der Waals surface area contributed by atoms with Gasteiger partial charge in [-0.3, -0.25) is 0 Å². The van der Waals surface area contributed by atoms with Crippen LogP contribution in [0, 0.1) is 18.8 Å². The van der Waals surface area contributed by atoms with Crippen molar-refractivity contribution in [1.29, 1.82) is 0 Å². The van der Waals surface area contributed by atoms with Gasteiger partial charge in [-0.25, -0.2) is 0 Å². The Labute approximate surface area is 111 Å². The second-order valence-corrected chi connectivity index (χ2v) is 5.84. The highest BCUT2D eigenvalue weighted by Gasteiger charge is 2.22. The van der Waals surface area contributed by atoms with Gasteiger partial charge in [0.2, 0.25) is 0 Å². The molecule has 0 unspecified atom stereocenters. The van der Waals surface area contributed by atoms with Crippen molar-refractivity contribution in [3.63, 3.8) is 0 Å². The van der Waals surface area contributed by atoms with E-state index >= 15 is 0 Å². The van der Waals surface area contributed by atoms with E-state index in [1.54, 1.807) is 0 Å². The molecule has 0 amide bonds. The molecule has 1 saturated carbocycles. The molecule has 100 valence electrons. The lowest BCUT2D eigenvalue weighted by atomic mass is 10.1. The zero-order valence-electron chi connectivity index (χ0n) is 11.8. The first-order chi connectivity index (χ1) is 8.66. The SMILES string of the molecule is Cc1cccc(CNCC(C)C)c1OCC1CC1. The predicted octanol–water partition coefficient (Wildman–Crippen LogP) is 3.53. The maximum absolute atomic E-state index is 6.01. The summed E-state index contributed by atoms with van der Waals surface area (Å²) >= 11 is 0. The molecule has 2 rings (SSSR count). The van der Waals surface area contributed by atoms with Crippen LogP contribution in [0.4, 0.5) is 0 Å². The third-order valence-corrected chi connectivity index (χ3v) is 3.32. The lowest BCUT2D eigenvalue weighted by molar-refractivity contribution is 0.294. The van der Waals surface area contributed by atoms with Crippen molar-refractivity contribution >= 4 is 0 Å². The Hall–Kier alpha value is -1.02. The number of hydrogen-bond donors (Lipinski definition) is 1. The Morgan fingerprint density at radius 2 is 2.11 bits per heavy atom. The molecular weight excluding hydrogens is 222 g/mol. The molecular formula is C16H25NO. The Morgan fingerprint density at radius 1 is 1.33 bits per heavy atom.